The van der Waals surface area contributed by atoms with Gasteiger partial charge in [0.2, 0.25) is 0 Å². The van der Waals surface area contributed by atoms with E-state index in [9.17, 15) is 14.7 Å². The van der Waals surface area contributed by atoms with E-state index in [4.69, 9.17) is 4.74 Å². The zero-order chi connectivity index (χ0) is 30.0. The molecule has 2 saturated carbocycles. The number of aryl methyl sites for hydroxylation is 1. The number of Topliss-reactive ketones (excluding diaryl/α,β-unsaturated/α-hetero) is 1. The van der Waals surface area contributed by atoms with Crippen LogP contribution in [-0.4, -0.2) is 27.2 Å². The lowest BCUT2D eigenvalue weighted by atomic mass is 9.62. The van der Waals surface area contributed by atoms with Gasteiger partial charge in [-0.1, -0.05) is 69.2 Å². The van der Waals surface area contributed by atoms with E-state index in [0.29, 0.717) is 18.4 Å². The van der Waals surface area contributed by atoms with Gasteiger partial charge in [0, 0.05) is 41.3 Å². The van der Waals surface area contributed by atoms with E-state index in [0.717, 1.165) is 69.1 Å². The van der Waals surface area contributed by atoms with Crippen LogP contribution in [0.25, 0.3) is 0 Å². The van der Waals surface area contributed by atoms with Crippen LogP contribution in [0.2, 0.25) is 0 Å². The topological polar surface area (TPSA) is 68.5 Å². The van der Waals surface area contributed by atoms with Crippen molar-refractivity contribution in [3.63, 3.8) is 0 Å². The van der Waals surface area contributed by atoms with E-state index < -0.39 is 6.10 Å². The number of aromatic nitrogens is 1. The highest BCUT2D eigenvalue weighted by Gasteiger charge is 2.50. The Morgan fingerprint density at radius 3 is 2.49 bits per heavy atom. The Labute approximate surface area is 256 Å². The second kappa shape index (κ2) is 12.4. The molecule has 43 heavy (non-hydrogen) atoms. The van der Waals surface area contributed by atoms with Gasteiger partial charge in [0.15, 0.2) is 5.78 Å². The molecule has 2 fully saturated rings. The number of carbonyl (C=O) groups excluding carboxylic acids is 1. The zero-order valence-electron chi connectivity index (χ0n) is 25.9. The fourth-order valence-electron chi connectivity index (χ4n) is 7.96. The zero-order valence-corrected chi connectivity index (χ0v) is 25.9. The number of hydrogen-bond donors (Lipinski definition) is 1. The molecule has 5 heteroatoms. The Hall–Kier alpha value is -3.18. The smallest absolute Gasteiger partial charge is 0.250 e. The summed E-state index contributed by atoms with van der Waals surface area (Å²) in [7, 11) is 0. The third-order valence-corrected chi connectivity index (χ3v) is 10.7. The Morgan fingerprint density at radius 1 is 1.02 bits per heavy atom. The van der Waals surface area contributed by atoms with E-state index in [1.807, 2.05) is 18.2 Å². The molecule has 1 aromatic heterocycles. The number of carbonyl (C=O) groups is 1. The summed E-state index contributed by atoms with van der Waals surface area (Å²) >= 11 is 0. The number of ketones is 1. The SMILES string of the molecule is CCc1ccc2c(c1)C(C)(CC[C@@H](O)[C@@H](CC(=O)c1ccc(=O)n(C3CCCC3)c1)Cc1ccccc1)CC1(CCC1)O2. The van der Waals surface area contributed by atoms with Crippen molar-refractivity contribution in [3.8, 4) is 5.75 Å². The van der Waals surface area contributed by atoms with Crippen molar-refractivity contribution in [2.24, 2.45) is 5.92 Å². The van der Waals surface area contributed by atoms with Gasteiger partial charge in [-0.3, -0.25) is 9.59 Å². The van der Waals surface area contributed by atoms with E-state index in [1.54, 1.807) is 22.9 Å². The van der Waals surface area contributed by atoms with Crippen molar-refractivity contribution in [3.05, 3.63) is 99.5 Å². The summed E-state index contributed by atoms with van der Waals surface area (Å²) in [6.45, 7) is 4.54. The summed E-state index contributed by atoms with van der Waals surface area (Å²) in [6.07, 6.45) is 13.0. The summed E-state index contributed by atoms with van der Waals surface area (Å²) in [4.78, 5) is 26.3. The first kappa shape index (κ1) is 29.9. The van der Waals surface area contributed by atoms with Gasteiger partial charge >= 0.3 is 0 Å². The van der Waals surface area contributed by atoms with Crippen LogP contribution in [-0.2, 0) is 18.3 Å². The number of aliphatic hydroxyl groups is 1. The normalized spacial score (nSPS) is 22.4. The van der Waals surface area contributed by atoms with Crippen molar-refractivity contribution in [1.82, 2.24) is 4.57 Å². The summed E-state index contributed by atoms with van der Waals surface area (Å²) < 4.78 is 8.38. The van der Waals surface area contributed by atoms with Gasteiger partial charge in [0.1, 0.15) is 11.4 Å². The minimum absolute atomic E-state index is 0.00430. The lowest BCUT2D eigenvalue weighted by Gasteiger charge is -2.52. The minimum atomic E-state index is -0.625. The standard InChI is InChI=1S/C38H47NO4/c1-3-27-14-16-35-32(23-27)37(2,26-38(43-35)19-9-20-38)21-18-33(40)30(22-28-10-5-4-6-11-28)24-34(41)29-15-17-36(42)39(25-29)31-12-7-8-13-31/h4-6,10-11,14-17,23,25,30-31,33,40H,3,7-9,12-13,18-22,24,26H2,1-2H3/t30-,33-,37?/m1/s1. The van der Waals surface area contributed by atoms with Gasteiger partial charge in [0.05, 0.1) is 6.10 Å². The first-order chi connectivity index (χ1) is 20.8. The third kappa shape index (κ3) is 6.38. The molecule has 3 aliphatic rings. The number of pyridine rings is 1. The van der Waals surface area contributed by atoms with E-state index in [1.165, 1.54) is 17.5 Å². The largest absolute Gasteiger partial charge is 0.487 e. The van der Waals surface area contributed by atoms with Crippen LogP contribution in [0.5, 0.6) is 5.75 Å². The van der Waals surface area contributed by atoms with Crippen LogP contribution in [0.15, 0.2) is 71.7 Å². The molecule has 3 aromatic rings. The van der Waals surface area contributed by atoms with Crippen LogP contribution < -0.4 is 10.3 Å². The maximum absolute atomic E-state index is 13.7. The van der Waals surface area contributed by atoms with Gasteiger partial charge in [0.25, 0.3) is 5.56 Å². The highest BCUT2D eigenvalue weighted by molar-refractivity contribution is 5.96. The Bertz CT molecular complexity index is 1480. The van der Waals surface area contributed by atoms with Gasteiger partial charge in [-0.25, -0.2) is 0 Å². The van der Waals surface area contributed by atoms with E-state index in [-0.39, 0.29) is 40.7 Å². The van der Waals surface area contributed by atoms with Gasteiger partial charge in [-0.15, -0.1) is 0 Å². The Kier molecular flexibility index (Phi) is 8.64. The van der Waals surface area contributed by atoms with E-state index in [2.05, 4.69) is 44.2 Å². The molecule has 1 N–H and O–H groups in total. The molecule has 0 bridgehead atoms. The molecule has 5 nitrogen and oxygen atoms in total. The number of rotatable bonds is 11. The molecule has 1 unspecified atom stereocenters. The minimum Gasteiger partial charge on any atom is -0.487 e. The maximum atomic E-state index is 13.7. The predicted octanol–water partition coefficient (Wildman–Crippen LogP) is 7.76. The number of fused-ring (bicyclic) bond motifs is 1. The van der Waals surface area contributed by atoms with E-state index >= 15 is 0 Å². The molecule has 6 rings (SSSR count). The predicted molar refractivity (Wildman–Crippen MR) is 171 cm³/mol. The molecular formula is C38H47NO4. The Balaban J connectivity index is 1.22. The number of hydrogen-bond acceptors (Lipinski definition) is 4. The van der Waals surface area contributed by atoms with Crippen molar-refractivity contribution in [1.29, 1.82) is 0 Å². The molecule has 2 aromatic carbocycles. The molecule has 2 aliphatic carbocycles. The fourth-order valence-corrected chi connectivity index (χ4v) is 7.96. The highest BCUT2D eigenvalue weighted by Crippen LogP contribution is 2.54. The number of aliphatic hydroxyl groups excluding tert-OH is 1. The van der Waals surface area contributed by atoms with Crippen LogP contribution in [0.1, 0.15) is 118 Å². The number of nitrogens with zero attached hydrogens (tertiary/aromatic N) is 1. The first-order valence-electron chi connectivity index (χ1n) is 16.6. The second-order valence-electron chi connectivity index (χ2n) is 13.8. The van der Waals surface area contributed by atoms with Gasteiger partial charge < -0.3 is 14.4 Å². The summed E-state index contributed by atoms with van der Waals surface area (Å²) in [5.41, 5.74) is 4.05. The van der Waals surface area contributed by atoms with Gasteiger partial charge in [-0.05, 0) is 93.4 Å². The van der Waals surface area contributed by atoms with Gasteiger partial charge in [-0.2, -0.15) is 0 Å². The van der Waals surface area contributed by atoms with Crippen molar-refractivity contribution >= 4 is 5.78 Å². The fraction of sp³-hybridized carbons (Fsp3) is 0.526. The molecule has 0 saturated heterocycles. The molecule has 228 valence electrons. The second-order valence-corrected chi connectivity index (χ2v) is 13.8. The lowest BCUT2D eigenvalue weighted by molar-refractivity contribution is -0.0524. The van der Waals surface area contributed by atoms with Crippen molar-refractivity contribution in [2.75, 3.05) is 0 Å². The molecular weight excluding hydrogens is 534 g/mol. The number of ether oxygens (including phenoxy) is 1. The van der Waals surface area contributed by atoms with Crippen molar-refractivity contribution in [2.45, 2.75) is 120 Å². The molecule has 2 heterocycles. The number of benzene rings is 2. The average molecular weight is 582 g/mol. The third-order valence-electron chi connectivity index (χ3n) is 10.7. The Morgan fingerprint density at radius 2 is 1.79 bits per heavy atom. The van der Waals surface area contributed by atoms with Crippen LogP contribution in [0.4, 0.5) is 0 Å². The quantitative estimate of drug-likeness (QED) is 0.235. The van der Waals surface area contributed by atoms with Crippen LogP contribution in [0.3, 0.4) is 0 Å². The molecule has 0 radical (unpaired) electrons. The average Bonchev–Trinajstić information content (AvgIpc) is 3.54. The van der Waals surface area contributed by atoms with Crippen LogP contribution >= 0.6 is 0 Å². The molecule has 1 aliphatic heterocycles. The maximum Gasteiger partial charge on any atom is 0.250 e. The summed E-state index contributed by atoms with van der Waals surface area (Å²) in [5.74, 6) is 0.785. The first-order valence-corrected chi connectivity index (χ1v) is 16.6. The van der Waals surface area contributed by atoms with Crippen molar-refractivity contribution < 1.29 is 14.6 Å². The lowest BCUT2D eigenvalue weighted by Crippen LogP contribution is -2.51. The summed E-state index contributed by atoms with van der Waals surface area (Å²) in [5, 5.41) is 11.8. The summed E-state index contributed by atoms with van der Waals surface area (Å²) in [6, 6.07) is 20.2. The monoisotopic (exact) mass is 581 g/mol. The molecule has 0 amide bonds. The molecule has 1 spiro atoms. The highest BCUT2D eigenvalue weighted by atomic mass is 16.5. The van der Waals surface area contributed by atoms with Crippen LogP contribution in [0, 0.1) is 5.92 Å². The molecule has 3 atom stereocenters.